The largest absolute Gasteiger partial charge is 0.365 e. The van der Waals surface area contributed by atoms with E-state index < -0.39 is 11.5 Å². The van der Waals surface area contributed by atoms with Crippen molar-refractivity contribution in [2.45, 2.75) is 65.1 Å². The van der Waals surface area contributed by atoms with E-state index in [-0.39, 0.29) is 5.60 Å². The molecule has 1 amide bonds. The normalized spacial score (nSPS) is 18.4. The Morgan fingerprint density at radius 2 is 2.12 bits per heavy atom. The molecule has 0 radical (unpaired) electrons. The summed E-state index contributed by atoms with van der Waals surface area (Å²) in [6.45, 7) is 10.3. The number of carbonyl (C=O) groups is 1. The highest BCUT2D eigenvalue weighted by atomic mass is 32.1. The molecule has 130 valence electrons. The van der Waals surface area contributed by atoms with Crippen molar-refractivity contribution in [1.29, 1.82) is 0 Å². The first kappa shape index (κ1) is 17.2. The van der Waals surface area contributed by atoms with E-state index in [2.05, 4.69) is 12.0 Å². The molecule has 0 bridgehead atoms. The van der Waals surface area contributed by atoms with Gasteiger partial charge >= 0.3 is 0 Å². The van der Waals surface area contributed by atoms with Crippen molar-refractivity contribution in [2.24, 2.45) is 5.73 Å². The average molecular weight is 347 g/mol. The fourth-order valence-electron chi connectivity index (χ4n) is 3.61. The van der Waals surface area contributed by atoms with Crippen molar-refractivity contribution in [1.82, 2.24) is 9.78 Å². The molecule has 0 unspecified atom stereocenters. The molecule has 2 N–H and O–H groups in total. The molecular formula is C18H25N3O2S. The van der Waals surface area contributed by atoms with Gasteiger partial charge in [-0.25, -0.2) is 4.68 Å². The molecule has 0 aliphatic carbocycles. The number of ether oxygens (including phenoxy) is 1. The number of hydrogen-bond donors (Lipinski definition) is 1. The van der Waals surface area contributed by atoms with E-state index in [1.807, 2.05) is 40.1 Å². The lowest BCUT2D eigenvalue weighted by Crippen LogP contribution is -2.42. The molecule has 0 atom stereocenters. The Morgan fingerprint density at radius 1 is 1.42 bits per heavy atom. The number of rotatable bonds is 4. The fourth-order valence-corrected chi connectivity index (χ4v) is 4.91. The van der Waals surface area contributed by atoms with E-state index in [4.69, 9.17) is 10.5 Å². The van der Waals surface area contributed by atoms with Crippen LogP contribution in [0.5, 0.6) is 0 Å². The second-order valence-corrected chi connectivity index (χ2v) is 8.55. The van der Waals surface area contributed by atoms with Crippen LogP contribution in [0.1, 0.15) is 67.4 Å². The van der Waals surface area contributed by atoms with Gasteiger partial charge in [0.25, 0.3) is 5.91 Å². The highest BCUT2D eigenvalue weighted by molar-refractivity contribution is 7.15. The van der Waals surface area contributed by atoms with Gasteiger partial charge in [0, 0.05) is 17.5 Å². The average Bonchev–Trinajstić information content (AvgIpc) is 3.01. The van der Waals surface area contributed by atoms with E-state index in [0.717, 1.165) is 33.8 Å². The second-order valence-electron chi connectivity index (χ2n) is 7.55. The van der Waals surface area contributed by atoms with Crippen LogP contribution in [-0.4, -0.2) is 21.3 Å². The van der Waals surface area contributed by atoms with Gasteiger partial charge in [0.1, 0.15) is 5.00 Å². The van der Waals surface area contributed by atoms with E-state index in [0.29, 0.717) is 12.0 Å². The Hall–Kier alpha value is -1.66. The number of carbonyl (C=O) groups excluding carboxylic acids is 1. The summed E-state index contributed by atoms with van der Waals surface area (Å²) in [5.41, 5.74) is 7.72. The summed E-state index contributed by atoms with van der Waals surface area (Å²) in [4.78, 5) is 13.3. The topological polar surface area (TPSA) is 70.1 Å². The Morgan fingerprint density at radius 3 is 2.75 bits per heavy atom. The van der Waals surface area contributed by atoms with E-state index >= 15 is 0 Å². The van der Waals surface area contributed by atoms with Crippen molar-refractivity contribution in [3.63, 3.8) is 0 Å². The van der Waals surface area contributed by atoms with Crippen LogP contribution < -0.4 is 5.73 Å². The number of thiophene rings is 1. The summed E-state index contributed by atoms with van der Waals surface area (Å²) in [5, 5.41) is 5.25. The summed E-state index contributed by atoms with van der Waals surface area (Å²) >= 11 is 1.56. The monoisotopic (exact) mass is 347 g/mol. The quantitative estimate of drug-likeness (QED) is 0.919. The molecule has 0 saturated carbocycles. The summed E-state index contributed by atoms with van der Waals surface area (Å²) in [7, 11) is 0. The Bertz CT molecular complexity index is 786. The van der Waals surface area contributed by atoms with Crippen LogP contribution in [0.2, 0.25) is 0 Å². The number of aromatic nitrogens is 2. The molecule has 2 aromatic heterocycles. The molecule has 5 nitrogen and oxygen atoms in total. The number of aryl methyl sites for hydroxylation is 1. The van der Waals surface area contributed by atoms with E-state index in [1.165, 1.54) is 0 Å². The van der Waals surface area contributed by atoms with Gasteiger partial charge in [-0.2, -0.15) is 5.10 Å². The maximum absolute atomic E-state index is 12.2. The third kappa shape index (κ3) is 2.89. The van der Waals surface area contributed by atoms with Gasteiger partial charge < -0.3 is 10.5 Å². The van der Waals surface area contributed by atoms with Crippen LogP contribution >= 0.6 is 11.3 Å². The standard InChI is InChI=1S/C18H25N3O2S/c1-6-7-11-9-20-21(10-11)16-13(15(19)22)12-8-17(2,3)23-18(4,5)14(12)24-16/h9-10H,6-8H2,1-5H3,(H2,19,22). The molecule has 0 aromatic carbocycles. The predicted molar refractivity (Wildman–Crippen MR) is 95.8 cm³/mol. The summed E-state index contributed by atoms with van der Waals surface area (Å²) in [5.74, 6) is -0.399. The minimum Gasteiger partial charge on any atom is -0.365 e. The first-order valence-electron chi connectivity index (χ1n) is 8.34. The fraction of sp³-hybridized carbons (Fsp3) is 0.556. The summed E-state index contributed by atoms with van der Waals surface area (Å²) in [6, 6.07) is 0. The minimum atomic E-state index is -0.455. The zero-order valence-corrected chi connectivity index (χ0v) is 15.8. The Kier molecular flexibility index (Phi) is 4.08. The molecule has 0 fully saturated rings. The zero-order valence-electron chi connectivity index (χ0n) is 15.0. The van der Waals surface area contributed by atoms with Gasteiger partial charge in [-0.1, -0.05) is 13.3 Å². The van der Waals surface area contributed by atoms with Crippen LogP contribution in [0.3, 0.4) is 0 Å². The van der Waals surface area contributed by atoms with Crippen LogP contribution in [-0.2, 0) is 23.2 Å². The number of nitrogens with zero attached hydrogens (tertiary/aromatic N) is 2. The van der Waals surface area contributed by atoms with Gasteiger partial charge in [0.05, 0.1) is 23.0 Å². The van der Waals surface area contributed by atoms with Gasteiger partial charge in [-0.3, -0.25) is 4.79 Å². The van der Waals surface area contributed by atoms with E-state index in [1.54, 1.807) is 16.0 Å². The maximum atomic E-state index is 12.2. The van der Waals surface area contributed by atoms with Crippen molar-refractivity contribution in [3.8, 4) is 5.00 Å². The molecule has 0 saturated heterocycles. The van der Waals surface area contributed by atoms with Crippen molar-refractivity contribution < 1.29 is 9.53 Å². The molecular weight excluding hydrogens is 322 g/mol. The van der Waals surface area contributed by atoms with Gasteiger partial charge in [-0.05, 0) is 45.2 Å². The highest BCUT2D eigenvalue weighted by Crippen LogP contribution is 2.47. The molecule has 2 aromatic rings. The van der Waals surface area contributed by atoms with Crippen molar-refractivity contribution >= 4 is 17.2 Å². The molecule has 3 rings (SSSR count). The number of amides is 1. The Balaban J connectivity index is 2.18. The molecule has 3 heterocycles. The van der Waals surface area contributed by atoms with Crippen LogP contribution in [0.15, 0.2) is 12.4 Å². The van der Waals surface area contributed by atoms with Crippen molar-refractivity contribution in [2.75, 3.05) is 0 Å². The molecule has 1 aliphatic heterocycles. The SMILES string of the molecule is CCCc1cnn(-c2sc3c(c2C(N)=O)CC(C)(C)OC3(C)C)c1. The molecule has 24 heavy (non-hydrogen) atoms. The minimum absolute atomic E-state index is 0.337. The first-order chi connectivity index (χ1) is 11.1. The lowest BCUT2D eigenvalue weighted by Gasteiger charge is -2.41. The smallest absolute Gasteiger partial charge is 0.252 e. The van der Waals surface area contributed by atoms with Gasteiger partial charge in [0.15, 0.2) is 0 Å². The van der Waals surface area contributed by atoms with Gasteiger partial charge in [-0.15, -0.1) is 11.3 Å². The van der Waals surface area contributed by atoms with Crippen LogP contribution in [0.4, 0.5) is 0 Å². The molecule has 6 heteroatoms. The number of primary amides is 1. The Labute approximate surface area is 146 Å². The maximum Gasteiger partial charge on any atom is 0.252 e. The first-order valence-corrected chi connectivity index (χ1v) is 9.16. The number of hydrogen-bond acceptors (Lipinski definition) is 4. The third-order valence-electron chi connectivity index (χ3n) is 4.30. The van der Waals surface area contributed by atoms with Crippen LogP contribution in [0, 0.1) is 0 Å². The second kappa shape index (κ2) is 5.70. The number of nitrogens with two attached hydrogens (primary N) is 1. The zero-order chi connectivity index (χ0) is 17.7. The van der Waals surface area contributed by atoms with Crippen molar-refractivity contribution in [3.05, 3.63) is 34.0 Å². The predicted octanol–water partition coefficient (Wildman–Crippen LogP) is 3.57. The molecule has 0 spiro atoms. The summed E-state index contributed by atoms with van der Waals surface area (Å²) < 4.78 is 8.03. The number of fused-ring (bicyclic) bond motifs is 1. The lowest BCUT2D eigenvalue weighted by atomic mass is 9.86. The highest BCUT2D eigenvalue weighted by Gasteiger charge is 2.43. The molecule has 1 aliphatic rings. The summed E-state index contributed by atoms with van der Waals surface area (Å²) in [6.07, 6.45) is 6.55. The van der Waals surface area contributed by atoms with E-state index in [9.17, 15) is 4.79 Å². The lowest BCUT2D eigenvalue weighted by molar-refractivity contribution is -0.135. The third-order valence-corrected chi connectivity index (χ3v) is 5.83. The van der Waals surface area contributed by atoms with Gasteiger partial charge in [0.2, 0.25) is 0 Å². The van der Waals surface area contributed by atoms with Crippen LogP contribution in [0.25, 0.3) is 5.00 Å².